The first-order chi connectivity index (χ1) is 14.4. The lowest BCUT2D eigenvalue weighted by Gasteiger charge is -2.21. The number of fused-ring (bicyclic) bond motifs is 3. The van der Waals surface area contributed by atoms with Crippen LogP contribution in [0.3, 0.4) is 0 Å². The zero-order valence-electron chi connectivity index (χ0n) is 16.6. The fraction of sp³-hybridized carbons (Fsp3) is 0.286. The van der Waals surface area contributed by atoms with Crippen LogP contribution >= 0.6 is 0 Å². The van der Waals surface area contributed by atoms with Gasteiger partial charge in [-0.1, -0.05) is 13.8 Å². The van der Waals surface area contributed by atoms with Gasteiger partial charge in [0, 0.05) is 19.3 Å². The molecular weight excluding hydrogens is 404 g/mol. The largest absolute Gasteiger partial charge is 0.287 e. The van der Waals surface area contributed by atoms with E-state index in [9.17, 15) is 18.0 Å². The molecule has 30 heavy (non-hydrogen) atoms. The molecule has 4 rings (SSSR count). The van der Waals surface area contributed by atoms with Crippen molar-refractivity contribution in [2.75, 3.05) is 13.1 Å². The van der Waals surface area contributed by atoms with Crippen LogP contribution in [0.15, 0.2) is 41.4 Å². The Morgan fingerprint density at radius 1 is 0.867 bits per heavy atom. The van der Waals surface area contributed by atoms with Crippen molar-refractivity contribution in [2.24, 2.45) is 0 Å². The number of nitrogens with zero attached hydrogens (tertiary/aromatic N) is 4. The van der Waals surface area contributed by atoms with Gasteiger partial charge in [-0.05, 0) is 43.2 Å². The minimum Gasteiger partial charge on any atom is -0.287 e. The minimum absolute atomic E-state index is 0.0319. The Kier molecular flexibility index (Phi) is 5.17. The van der Waals surface area contributed by atoms with E-state index in [0.717, 1.165) is 0 Å². The fourth-order valence-electron chi connectivity index (χ4n) is 3.52. The van der Waals surface area contributed by atoms with Crippen LogP contribution in [0, 0.1) is 0 Å². The normalized spacial score (nSPS) is 13.6. The first-order valence-electron chi connectivity index (χ1n) is 9.74. The van der Waals surface area contributed by atoms with Gasteiger partial charge in [-0.3, -0.25) is 14.6 Å². The quantitative estimate of drug-likeness (QED) is 0.468. The first kappa shape index (κ1) is 20.2. The number of hydrogen-bond donors (Lipinski definition) is 0. The van der Waals surface area contributed by atoms with Crippen LogP contribution in [0.2, 0.25) is 0 Å². The SMILES string of the molecule is CCCN(CCC)S(=O)(=O)c1ccc2nc3c(nc2c1)C(=O)c1ncccc1C3=O. The maximum Gasteiger partial charge on any atom is 0.243 e. The Morgan fingerprint density at radius 3 is 2.23 bits per heavy atom. The molecule has 0 fully saturated rings. The molecule has 0 N–H and O–H groups in total. The van der Waals surface area contributed by atoms with Crippen molar-refractivity contribution in [3.63, 3.8) is 0 Å². The second kappa shape index (κ2) is 7.66. The Morgan fingerprint density at radius 2 is 1.53 bits per heavy atom. The first-order valence-corrected chi connectivity index (χ1v) is 11.2. The van der Waals surface area contributed by atoms with Crippen molar-refractivity contribution >= 4 is 32.6 Å². The molecule has 0 saturated heterocycles. The summed E-state index contributed by atoms with van der Waals surface area (Å²) in [6.07, 6.45) is 2.83. The number of ketones is 2. The lowest BCUT2D eigenvalue weighted by atomic mass is 9.93. The van der Waals surface area contributed by atoms with E-state index in [4.69, 9.17) is 0 Å². The molecular formula is C21H20N4O4S. The second-order valence-corrected chi connectivity index (χ2v) is 8.97. The van der Waals surface area contributed by atoms with Crippen LogP contribution < -0.4 is 0 Å². The molecule has 0 radical (unpaired) electrons. The number of sulfonamides is 1. The standard InChI is InChI=1S/C21H20N4O4S/c1-3-10-25(11-4-2)30(28,29)13-7-8-15-16(12-13)24-19-18(23-15)20(26)14-6-5-9-22-17(14)21(19)27/h5-9,12H,3-4,10-11H2,1-2H3. The molecule has 1 aromatic carbocycles. The molecule has 1 aliphatic carbocycles. The highest BCUT2D eigenvalue weighted by Crippen LogP contribution is 2.27. The summed E-state index contributed by atoms with van der Waals surface area (Å²) in [6, 6.07) is 7.49. The summed E-state index contributed by atoms with van der Waals surface area (Å²) in [5, 5.41) is 0. The summed E-state index contributed by atoms with van der Waals surface area (Å²) in [6.45, 7) is 4.68. The Labute approximate surface area is 174 Å². The van der Waals surface area contributed by atoms with Crippen molar-refractivity contribution in [1.82, 2.24) is 19.3 Å². The molecule has 1 aliphatic rings. The lowest BCUT2D eigenvalue weighted by molar-refractivity contribution is 0.0968. The molecule has 154 valence electrons. The summed E-state index contributed by atoms with van der Waals surface area (Å²) in [4.78, 5) is 38.3. The van der Waals surface area contributed by atoms with E-state index < -0.39 is 21.6 Å². The summed E-state index contributed by atoms with van der Waals surface area (Å²) < 4.78 is 27.6. The zero-order chi connectivity index (χ0) is 21.5. The molecule has 0 saturated carbocycles. The summed E-state index contributed by atoms with van der Waals surface area (Å²) in [5.41, 5.74) is 0.665. The fourth-order valence-corrected chi connectivity index (χ4v) is 5.17. The van der Waals surface area contributed by atoms with Crippen molar-refractivity contribution in [3.8, 4) is 0 Å². The van der Waals surface area contributed by atoms with Gasteiger partial charge in [-0.15, -0.1) is 0 Å². The van der Waals surface area contributed by atoms with Crippen LogP contribution in [-0.2, 0) is 10.0 Å². The van der Waals surface area contributed by atoms with E-state index in [1.165, 1.54) is 34.8 Å². The minimum atomic E-state index is -3.71. The van der Waals surface area contributed by atoms with Gasteiger partial charge < -0.3 is 0 Å². The van der Waals surface area contributed by atoms with E-state index in [0.29, 0.717) is 31.4 Å². The zero-order valence-corrected chi connectivity index (χ0v) is 17.4. The van der Waals surface area contributed by atoms with Crippen LogP contribution in [0.25, 0.3) is 11.0 Å². The molecule has 2 heterocycles. The average Bonchev–Trinajstić information content (AvgIpc) is 2.76. The topological polar surface area (TPSA) is 110 Å². The molecule has 9 heteroatoms. The summed E-state index contributed by atoms with van der Waals surface area (Å²) in [7, 11) is -3.71. The molecule has 0 unspecified atom stereocenters. The van der Waals surface area contributed by atoms with Crippen molar-refractivity contribution in [3.05, 3.63) is 59.2 Å². The highest BCUT2D eigenvalue weighted by atomic mass is 32.2. The van der Waals surface area contributed by atoms with Crippen LogP contribution in [0.1, 0.15) is 58.9 Å². The van der Waals surface area contributed by atoms with Crippen molar-refractivity contribution in [2.45, 2.75) is 31.6 Å². The molecule has 0 spiro atoms. The third-order valence-corrected chi connectivity index (χ3v) is 6.81. The maximum absolute atomic E-state index is 13.1. The smallest absolute Gasteiger partial charge is 0.243 e. The monoisotopic (exact) mass is 424 g/mol. The molecule has 8 nitrogen and oxygen atoms in total. The van der Waals surface area contributed by atoms with E-state index >= 15 is 0 Å². The van der Waals surface area contributed by atoms with Gasteiger partial charge in [0.1, 0.15) is 17.1 Å². The number of carbonyl (C=O) groups excluding carboxylic acids is 2. The average molecular weight is 424 g/mol. The predicted molar refractivity (Wildman–Crippen MR) is 110 cm³/mol. The highest BCUT2D eigenvalue weighted by Gasteiger charge is 2.34. The molecule has 3 aromatic rings. The van der Waals surface area contributed by atoms with Crippen LogP contribution in [0.4, 0.5) is 0 Å². The number of carbonyl (C=O) groups is 2. The van der Waals surface area contributed by atoms with Crippen LogP contribution in [-0.4, -0.2) is 52.3 Å². The van der Waals surface area contributed by atoms with Crippen LogP contribution in [0.5, 0.6) is 0 Å². The Balaban J connectivity index is 1.84. The number of benzene rings is 1. The number of rotatable bonds is 6. The van der Waals surface area contributed by atoms with Gasteiger partial charge in [-0.25, -0.2) is 18.4 Å². The number of pyridine rings is 1. The molecule has 0 atom stereocenters. The Hall–Kier alpha value is -3.04. The van der Waals surface area contributed by atoms with E-state index in [-0.39, 0.29) is 33.1 Å². The molecule has 0 amide bonds. The third kappa shape index (κ3) is 3.20. The second-order valence-electron chi connectivity index (χ2n) is 7.03. The van der Waals surface area contributed by atoms with E-state index in [2.05, 4.69) is 15.0 Å². The highest BCUT2D eigenvalue weighted by molar-refractivity contribution is 7.89. The molecule has 2 aromatic heterocycles. The number of aromatic nitrogens is 3. The number of hydrogen-bond acceptors (Lipinski definition) is 7. The predicted octanol–water partition coefficient (Wildman–Crippen LogP) is 2.61. The van der Waals surface area contributed by atoms with Gasteiger partial charge in [0.15, 0.2) is 0 Å². The van der Waals surface area contributed by atoms with Crippen molar-refractivity contribution in [1.29, 1.82) is 0 Å². The van der Waals surface area contributed by atoms with E-state index in [1.807, 2.05) is 13.8 Å². The molecule has 0 bridgehead atoms. The van der Waals surface area contributed by atoms with Gasteiger partial charge in [0.25, 0.3) is 0 Å². The van der Waals surface area contributed by atoms with Gasteiger partial charge in [-0.2, -0.15) is 4.31 Å². The maximum atomic E-state index is 13.1. The van der Waals surface area contributed by atoms with Gasteiger partial charge in [0.05, 0.1) is 21.5 Å². The van der Waals surface area contributed by atoms with E-state index in [1.54, 1.807) is 6.07 Å². The summed E-state index contributed by atoms with van der Waals surface area (Å²) in [5.74, 6) is -0.919. The van der Waals surface area contributed by atoms with Gasteiger partial charge >= 0.3 is 0 Å². The lowest BCUT2D eigenvalue weighted by Crippen LogP contribution is -2.32. The van der Waals surface area contributed by atoms with Gasteiger partial charge in [0.2, 0.25) is 21.6 Å². The molecule has 0 aliphatic heterocycles. The third-order valence-electron chi connectivity index (χ3n) is 4.92. The Bertz CT molecular complexity index is 1280. The van der Waals surface area contributed by atoms with Crippen molar-refractivity contribution < 1.29 is 18.0 Å². The summed E-state index contributed by atoms with van der Waals surface area (Å²) >= 11 is 0.